The predicted octanol–water partition coefficient (Wildman–Crippen LogP) is 2.41. The van der Waals surface area contributed by atoms with Gasteiger partial charge in [-0.05, 0) is 25.2 Å². The first kappa shape index (κ1) is 16.5. The normalized spacial score (nSPS) is 23.5. The molecule has 1 aromatic heterocycles. The summed E-state index contributed by atoms with van der Waals surface area (Å²) in [7, 11) is 0. The molecule has 0 bridgehead atoms. The summed E-state index contributed by atoms with van der Waals surface area (Å²) < 4.78 is 10.7. The van der Waals surface area contributed by atoms with Crippen LogP contribution in [0.2, 0.25) is 0 Å². The summed E-state index contributed by atoms with van der Waals surface area (Å²) in [6, 6.07) is 1.78. The number of amides is 1. The Morgan fingerprint density at radius 1 is 1.35 bits per heavy atom. The highest BCUT2D eigenvalue weighted by atomic mass is 16.5. The number of hydrogen-bond acceptors (Lipinski definition) is 5. The van der Waals surface area contributed by atoms with E-state index in [0.29, 0.717) is 11.7 Å². The third-order valence-corrected chi connectivity index (χ3v) is 4.77. The Balaban J connectivity index is 1.52. The van der Waals surface area contributed by atoms with Crippen LogP contribution in [0.4, 0.5) is 5.82 Å². The molecule has 0 unspecified atom stereocenters. The summed E-state index contributed by atoms with van der Waals surface area (Å²) >= 11 is 0. The number of likely N-dealkylation sites (tertiary alicyclic amines) is 1. The highest BCUT2D eigenvalue weighted by molar-refractivity contribution is 5.94. The van der Waals surface area contributed by atoms with Crippen molar-refractivity contribution in [1.29, 1.82) is 0 Å². The minimum Gasteiger partial charge on any atom is -0.381 e. The first-order chi connectivity index (χ1) is 10.9. The Hall–Kier alpha value is -1.40. The molecule has 1 atom stereocenters. The van der Waals surface area contributed by atoms with Crippen LogP contribution in [0.5, 0.6) is 0 Å². The van der Waals surface area contributed by atoms with Crippen LogP contribution in [0.1, 0.15) is 45.8 Å². The molecule has 0 saturated carbocycles. The van der Waals surface area contributed by atoms with Crippen molar-refractivity contribution >= 4 is 11.7 Å². The molecule has 0 spiro atoms. The van der Waals surface area contributed by atoms with Gasteiger partial charge < -0.3 is 14.6 Å². The number of aromatic nitrogens is 1. The molecule has 0 aromatic carbocycles. The highest BCUT2D eigenvalue weighted by Crippen LogP contribution is 2.27. The van der Waals surface area contributed by atoms with Crippen molar-refractivity contribution in [2.45, 2.75) is 51.5 Å². The first-order valence-corrected chi connectivity index (χ1v) is 8.53. The van der Waals surface area contributed by atoms with Crippen LogP contribution in [0.25, 0.3) is 0 Å². The zero-order valence-corrected chi connectivity index (χ0v) is 14.3. The summed E-state index contributed by atoms with van der Waals surface area (Å²) in [4.78, 5) is 14.7. The minimum atomic E-state index is -0.110. The molecule has 1 amide bonds. The van der Waals surface area contributed by atoms with E-state index in [2.05, 4.69) is 36.1 Å². The monoisotopic (exact) mass is 321 g/mol. The molecule has 2 aliphatic rings. The van der Waals surface area contributed by atoms with Gasteiger partial charge in [0, 0.05) is 37.8 Å². The molecule has 23 heavy (non-hydrogen) atoms. The molecule has 3 heterocycles. The van der Waals surface area contributed by atoms with Gasteiger partial charge in [-0.3, -0.25) is 9.69 Å². The van der Waals surface area contributed by atoms with Gasteiger partial charge in [0.25, 0.3) is 0 Å². The lowest BCUT2D eigenvalue weighted by molar-refractivity contribution is -0.126. The second kappa shape index (κ2) is 6.61. The number of hydrogen-bond donors (Lipinski definition) is 1. The van der Waals surface area contributed by atoms with E-state index < -0.39 is 0 Å². The number of nitrogens with zero attached hydrogens (tertiary/aromatic N) is 2. The molecular weight excluding hydrogens is 294 g/mol. The number of carbonyl (C=O) groups is 1. The molecule has 1 aromatic rings. The van der Waals surface area contributed by atoms with Gasteiger partial charge in [0.15, 0.2) is 5.82 Å². The number of carbonyl (C=O) groups excluding carboxylic acids is 1. The summed E-state index contributed by atoms with van der Waals surface area (Å²) in [6.07, 6.45) is 3.12. The Kier molecular flexibility index (Phi) is 4.73. The highest BCUT2D eigenvalue weighted by Gasteiger charge is 2.36. The van der Waals surface area contributed by atoms with Crippen molar-refractivity contribution < 1.29 is 14.1 Å². The van der Waals surface area contributed by atoms with E-state index in [9.17, 15) is 4.79 Å². The molecule has 0 aliphatic carbocycles. The van der Waals surface area contributed by atoms with Crippen molar-refractivity contribution in [2.75, 3.05) is 31.6 Å². The summed E-state index contributed by atoms with van der Waals surface area (Å²) in [5.41, 5.74) is -0.110. The number of anilines is 1. The van der Waals surface area contributed by atoms with E-state index in [1.165, 1.54) is 0 Å². The van der Waals surface area contributed by atoms with Crippen LogP contribution in [-0.2, 0) is 14.9 Å². The predicted molar refractivity (Wildman–Crippen MR) is 87.4 cm³/mol. The fraction of sp³-hybridized carbons (Fsp3) is 0.765. The average Bonchev–Trinajstić information content (AvgIpc) is 2.93. The fourth-order valence-electron chi connectivity index (χ4n) is 3.11. The van der Waals surface area contributed by atoms with Crippen molar-refractivity contribution in [3.63, 3.8) is 0 Å². The largest absolute Gasteiger partial charge is 0.381 e. The quantitative estimate of drug-likeness (QED) is 0.922. The van der Waals surface area contributed by atoms with Crippen molar-refractivity contribution in [2.24, 2.45) is 5.92 Å². The number of rotatable bonds is 4. The molecule has 2 saturated heterocycles. The van der Waals surface area contributed by atoms with Crippen molar-refractivity contribution in [3.05, 3.63) is 11.8 Å². The Labute approximate surface area is 137 Å². The van der Waals surface area contributed by atoms with Gasteiger partial charge >= 0.3 is 0 Å². The van der Waals surface area contributed by atoms with Gasteiger partial charge in [0.05, 0.1) is 6.04 Å². The number of ether oxygens (including phenoxy) is 1. The standard InChI is InChI=1S/C17H27N3O3/c1-17(2,3)14-10-15(19-23-14)18-16(21)13-4-7-20(13)11-12-5-8-22-9-6-12/h10,12-13H,4-9,11H2,1-3H3,(H,18,19,21)/t13-/m0/s1. The second-order valence-electron chi connectivity index (χ2n) is 7.67. The van der Waals surface area contributed by atoms with Crippen LogP contribution < -0.4 is 5.32 Å². The maximum Gasteiger partial charge on any atom is 0.243 e. The van der Waals surface area contributed by atoms with Crippen LogP contribution in [0.3, 0.4) is 0 Å². The van der Waals surface area contributed by atoms with E-state index in [-0.39, 0.29) is 17.4 Å². The molecular formula is C17H27N3O3. The molecule has 2 aliphatic heterocycles. The lowest BCUT2D eigenvalue weighted by atomic mass is 9.93. The second-order valence-corrected chi connectivity index (χ2v) is 7.67. The smallest absolute Gasteiger partial charge is 0.243 e. The summed E-state index contributed by atoms with van der Waals surface area (Å²) in [5, 5.41) is 6.86. The van der Waals surface area contributed by atoms with E-state index in [4.69, 9.17) is 9.26 Å². The Morgan fingerprint density at radius 2 is 2.09 bits per heavy atom. The Bertz CT molecular complexity index is 544. The third-order valence-electron chi connectivity index (χ3n) is 4.77. The Morgan fingerprint density at radius 3 is 2.65 bits per heavy atom. The molecule has 2 fully saturated rings. The van der Waals surface area contributed by atoms with E-state index >= 15 is 0 Å². The van der Waals surface area contributed by atoms with Gasteiger partial charge in [-0.2, -0.15) is 0 Å². The zero-order valence-electron chi connectivity index (χ0n) is 14.3. The molecule has 3 rings (SSSR count). The van der Waals surface area contributed by atoms with Gasteiger partial charge in [-0.15, -0.1) is 0 Å². The van der Waals surface area contributed by atoms with E-state index in [0.717, 1.165) is 51.3 Å². The van der Waals surface area contributed by atoms with E-state index in [1.807, 2.05) is 6.07 Å². The van der Waals surface area contributed by atoms with E-state index in [1.54, 1.807) is 0 Å². The maximum absolute atomic E-state index is 12.4. The average molecular weight is 321 g/mol. The minimum absolute atomic E-state index is 0.0251. The SMILES string of the molecule is CC(C)(C)c1cc(NC(=O)[C@@H]2CCN2CC2CCOCC2)no1. The lowest BCUT2D eigenvalue weighted by Crippen LogP contribution is -2.55. The molecule has 6 nitrogen and oxygen atoms in total. The van der Waals surface area contributed by atoms with Crippen LogP contribution in [0, 0.1) is 5.92 Å². The first-order valence-electron chi connectivity index (χ1n) is 8.53. The van der Waals surface area contributed by atoms with Gasteiger partial charge in [-0.1, -0.05) is 25.9 Å². The van der Waals surface area contributed by atoms with Crippen LogP contribution >= 0.6 is 0 Å². The fourth-order valence-corrected chi connectivity index (χ4v) is 3.11. The van der Waals surface area contributed by atoms with Crippen molar-refractivity contribution in [3.8, 4) is 0 Å². The number of nitrogens with one attached hydrogen (secondary N) is 1. The van der Waals surface area contributed by atoms with Gasteiger partial charge in [0.2, 0.25) is 5.91 Å². The summed E-state index contributed by atoms with van der Waals surface area (Å²) in [5.74, 6) is 1.97. The van der Waals surface area contributed by atoms with Crippen molar-refractivity contribution in [1.82, 2.24) is 10.1 Å². The molecule has 6 heteroatoms. The third kappa shape index (κ3) is 3.93. The van der Waals surface area contributed by atoms with Gasteiger partial charge in [-0.25, -0.2) is 0 Å². The zero-order chi connectivity index (χ0) is 16.4. The van der Waals surface area contributed by atoms with Crippen LogP contribution in [0.15, 0.2) is 10.6 Å². The molecule has 1 N–H and O–H groups in total. The molecule has 128 valence electrons. The topological polar surface area (TPSA) is 67.6 Å². The lowest BCUT2D eigenvalue weighted by Gasteiger charge is -2.42. The molecule has 0 radical (unpaired) electrons. The van der Waals surface area contributed by atoms with Gasteiger partial charge in [0.1, 0.15) is 5.76 Å². The van der Waals surface area contributed by atoms with Crippen LogP contribution in [-0.4, -0.2) is 48.3 Å². The maximum atomic E-state index is 12.4. The summed E-state index contributed by atoms with van der Waals surface area (Å²) in [6.45, 7) is 9.87.